The lowest BCUT2D eigenvalue weighted by Crippen LogP contribution is -2.45. The molecule has 1 unspecified atom stereocenters. The van der Waals surface area contributed by atoms with E-state index >= 15 is 0 Å². The summed E-state index contributed by atoms with van der Waals surface area (Å²) in [5.74, 6) is 1.85. The number of carbonyl (C=O) groups is 1. The molecule has 0 radical (unpaired) electrons. The van der Waals surface area contributed by atoms with E-state index in [4.69, 9.17) is 9.47 Å². The molecule has 0 aliphatic rings. The van der Waals surface area contributed by atoms with Crippen LogP contribution in [0.2, 0.25) is 0 Å². The van der Waals surface area contributed by atoms with Crippen LogP contribution in [0.3, 0.4) is 0 Å². The Balaban J connectivity index is 2.68. The molecule has 0 aliphatic heterocycles. The fraction of sp³-hybridized carbons (Fsp3) is 0.650. The molecule has 0 aromatic heterocycles. The van der Waals surface area contributed by atoms with Crippen molar-refractivity contribution in [3.63, 3.8) is 0 Å². The zero-order chi connectivity index (χ0) is 19.5. The number of amides is 2. The van der Waals surface area contributed by atoms with Gasteiger partial charge in [-0.15, -0.1) is 0 Å². The molecule has 0 heterocycles. The van der Waals surface area contributed by atoms with E-state index < -0.39 is 0 Å². The standard InChI is InChI=1S/C20H35N3O3/c1-7-23(8-2)17(12-15(4)5)14-21-20(24)22-16-10-11-18(25-6)19(13-16)26-9-3/h10-11,13,15,17H,7-9,12,14H2,1-6H3,(H2,21,22,24). The number of carbonyl (C=O) groups excluding carboxylic acids is 1. The molecule has 2 amide bonds. The second-order valence-corrected chi connectivity index (χ2v) is 6.64. The van der Waals surface area contributed by atoms with Gasteiger partial charge < -0.3 is 20.1 Å². The number of anilines is 1. The van der Waals surface area contributed by atoms with Crippen molar-refractivity contribution in [2.75, 3.05) is 38.7 Å². The summed E-state index contributed by atoms with van der Waals surface area (Å²) in [6.45, 7) is 13.8. The molecule has 1 atom stereocenters. The summed E-state index contributed by atoms with van der Waals surface area (Å²) in [6.07, 6.45) is 1.05. The van der Waals surface area contributed by atoms with Gasteiger partial charge in [-0.05, 0) is 44.5 Å². The Bertz CT molecular complexity index is 545. The largest absolute Gasteiger partial charge is 0.493 e. The first-order chi connectivity index (χ1) is 12.4. The number of methoxy groups -OCH3 is 1. The Hall–Kier alpha value is -1.95. The van der Waals surface area contributed by atoms with Crippen LogP contribution in [0, 0.1) is 5.92 Å². The minimum Gasteiger partial charge on any atom is -0.493 e. The van der Waals surface area contributed by atoms with Gasteiger partial charge in [0.05, 0.1) is 13.7 Å². The van der Waals surface area contributed by atoms with Crippen LogP contribution in [0.5, 0.6) is 11.5 Å². The van der Waals surface area contributed by atoms with Gasteiger partial charge in [0.2, 0.25) is 0 Å². The fourth-order valence-corrected chi connectivity index (χ4v) is 3.05. The van der Waals surface area contributed by atoms with Crippen molar-refractivity contribution in [2.45, 2.75) is 47.1 Å². The van der Waals surface area contributed by atoms with Gasteiger partial charge in [0.1, 0.15) is 0 Å². The highest BCUT2D eigenvalue weighted by atomic mass is 16.5. The van der Waals surface area contributed by atoms with E-state index in [1.807, 2.05) is 6.92 Å². The lowest BCUT2D eigenvalue weighted by atomic mass is 10.0. The van der Waals surface area contributed by atoms with Gasteiger partial charge in [-0.25, -0.2) is 4.79 Å². The molecule has 0 spiro atoms. The zero-order valence-corrected chi connectivity index (χ0v) is 17.1. The number of hydrogen-bond donors (Lipinski definition) is 2. The molecular weight excluding hydrogens is 330 g/mol. The van der Waals surface area contributed by atoms with Crippen LogP contribution in [0.15, 0.2) is 18.2 Å². The lowest BCUT2D eigenvalue weighted by Gasteiger charge is -2.31. The van der Waals surface area contributed by atoms with Crippen molar-refractivity contribution in [1.82, 2.24) is 10.2 Å². The maximum absolute atomic E-state index is 12.3. The molecule has 26 heavy (non-hydrogen) atoms. The molecule has 0 saturated heterocycles. The molecule has 1 rings (SSSR count). The molecule has 0 aliphatic carbocycles. The first-order valence-electron chi connectivity index (χ1n) is 9.54. The average molecular weight is 366 g/mol. The first kappa shape index (κ1) is 22.1. The number of ether oxygens (including phenoxy) is 2. The summed E-state index contributed by atoms with van der Waals surface area (Å²) in [5, 5.41) is 5.87. The van der Waals surface area contributed by atoms with E-state index in [1.165, 1.54) is 0 Å². The molecule has 0 bridgehead atoms. The van der Waals surface area contributed by atoms with Gasteiger partial charge >= 0.3 is 6.03 Å². The van der Waals surface area contributed by atoms with E-state index in [0.29, 0.717) is 42.3 Å². The Morgan fingerprint density at radius 1 is 1.15 bits per heavy atom. The molecule has 6 heteroatoms. The summed E-state index contributed by atoms with van der Waals surface area (Å²) in [7, 11) is 1.60. The van der Waals surface area contributed by atoms with Gasteiger partial charge in [0.25, 0.3) is 0 Å². The zero-order valence-electron chi connectivity index (χ0n) is 17.1. The van der Waals surface area contributed by atoms with E-state index in [-0.39, 0.29) is 6.03 Å². The van der Waals surface area contributed by atoms with Crippen LogP contribution in [-0.2, 0) is 0 Å². The summed E-state index contributed by atoms with van der Waals surface area (Å²) in [5.41, 5.74) is 0.676. The van der Waals surface area contributed by atoms with Crippen LogP contribution in [0.25, 0.3) is 0 Å². The molecule has 148 valence electrons. The molecule has 6 nitrogen and oxygen atoms in total. The predicted molar refractivity (Wildman–Crippen MR) is 107 cm³/mol. The fourth-order valence-electron chi connectivity index (χ4n) is 3.05. The van der Waals surface area contributed by atoms with Gasteiger partial charge in [-0.1, -0.05) is 27.7 Å². The molecule has 1 aromatic rings. The molecule has 0 saturated carbocycles. The van der Waals surface area contributed by atoms with Crippen LogP contribution >= 0.6 is 0 Å². The minimum absolute atomic E-state index is 0.210. The lowest BCUT2D eigenvalue weighted by molar-refractivity contribution is 0.186. The van der Waals surface area contributed by atoms with Crippen molar-refractivity contribution < 1.29 is 14.3 Å². The van der Waals surface area contributed by atoms with Crippen LogP contribution in [-0.4, -0.2) is 50.3 Å². The Kier molecular flexibility index (Phi) is 9.88. The van der Waals surface area contributed by atoms with Crippen molar-refractivity contribution in [3.05, 3.63) is 18.2 Å². The van der Waals surface area contributed by atoms with Crippen molar-refractivity contribution in [1.29, 1.82) is 0 Å². The van der Waals surface area contributed by atoms with E-state index in [0.717, 1.165) is 19.5 Å². The topological polar surface area (TPSA) is 62.8 Å². The third-order valence-electron chi connectivity index (χ3n) is 4.29. The highest BCUT2D eigenvalue weighted by Gasteiger charge is 2.18. The maximum Gasteiger partial charge on any atom is 0.319 e. The van der Waals surface area contributed by atoms with Crippen LogP contribution in [0.1, 0.15) is 41.0 Å². The quantitative estimate of drug-likeness (QED) is 0.623. The Morgan fingerprint density at radius 2 is 1.85 bits per heavy atom. The van der Waals surface area contributed by atoms with Crippen molar-refractivity contribution in [3.8, 4) is 11.5 Å². The van der Waals surface area contributed by atoms with Gasteiger partial charge in [-0.2, -0.15) is 0 Å². The van der Waals surface area contributed by atoms with Gasteiger partial charge in [0.15, 0.2) is 11.5 Å². The number of likely N-dealkylation sites (N-methyl/N-ethyl adjacent to an activating group) is 1. The summed E-state index contributed by atoms with van der Waals surface area (Å²) < 4.78 is 10.8. The monoisotopic (exact) mass is 365 g/mol. The average Bonchev–Trinajstić information content (AvgIpc) is 2.60. The van der Waals surface area contributed by atoms with E-state index in [9.17, 15) is 4.79 Å². The van der Waals surface area contributed by atoms with Crippen molar-refractivity contribution >= 4 is 11.7 Å². The second-order valence-electron chi connectivity index (χ2n) is 6.64. The molecule has 0 fully saturated rings. The first-order valence-corrected chi connectivity index (χ1v) is 9.54. The number of urea groups is 1. The second kappa shape index (κ2) is 11.6. The minimum atomic E-state index is -0.210. The molecule has 2 N–H and O–H groups in total. The van der Waals surface area contributed by atoms with Gasteiger partial charge in [-0.3, -0.25) is 4.90 Å². The van der Waals surface area contributed by atoms with Crippen LogP contribution in [0.4, 0.5) is 10.5 Å². The summed E-state index contributed by atoms with van der Waals surface area (Å²) in [4.78, 5) is 14.7. The Labute approximate surface area is 158 Å². The van der Waals surface area contributed by atoms with Crippen LogP contribution < -0.4 is 20.1 Å². The maximum atomic E-state index is 12.3. The number of nitrogens with zero attached hydrogens (tertiary/aromatic N) is 1. The third kappa shape index (κ3) is 7.12. The van der Waals surface area contributed by atoms with Gasteiger partial charge in [0, 0.05) is 24.3 Å². The molecular formula is C20H35N3O3. The smallest absolute Gasteiger partial charge is 0.319 e. The van der Waals surface area contributed by atoms with E-state index in [2.05, 4.69) is 43.2 Å². The number of rotatable bonds is 11. The van der Waals surface area contributed by atoms with E-state index in [1.54, 1.807) is 25.3 Å². The van der Waals surface area contributed by atoms with Crippen molar-refractivity contribution in [2.24, 2.45) is 5.92 Å². The third-order valence-corrected chi connectivity index (χ3v) is 4.29. The summed E-state index contributed by atoms with van der Waals surface area (Å²) >= 11 is 0. The predicted octanol–water partition coefficient (Wildman–Crippen LogP) is 3.97. The highest BCUT2D eigenvalue weighted by Crippen LogP contribution is 2.30. The SMILES string of the molecule is CCOc1cc(NC(=O)NCC(CC(C)C)N(CC)CC)ccc1OC. The number of benzene rings is 1. The molecule has 1 aromatic carbocycles. The summed E-state index contributed by atoms with van der Waals surface area (Å²) in [6, 6.07) is 5.50. The number of hydrogen-bond acceptors (Lipinski definition) is 4. The highest BCUT2D eigenvalue weighted by molar-refractivity contribution is 5.89. The Morgan fingerprint density at radius 3 is 2.38 bits per heavy atom. The number of nitrogens with one attached hydrogen (secondary N) is 2. The normalized spacial score (nSPS) is 12.2.